The maximum absolute atomic E-state index is 10.7. The molecule has 15 heavy (non-hydrogen) atoms. The number of H-pyrrole nitrogens is 2. The first-order chi connectivity index (χ1) is 7.24. The van der Waals surface area contributed by atoms with Crippen LogP contribution in [-0.4, -0.2) is 15.2 Å². The standard InChI is InChI=1S/C10H10N4O/c11-8-4-1-7(2-5-8)3-6-9-12-10(15)14-13-9/h1-6H,11H2,(H2,12,13,14,15)/b6-3+. The second-order valence-electron chi connectivity index (χ2n) is 3.06. The topological polar surface area (TPSA) is 87.6 Å². The van der Waals surface area contributed by atoms with Gasteiger partial charge in [-0.1, -0.05) is 18.2 Å². The molecule has 0 bridgehead atoms. The lowest BCUT2D eigenvalue weighted by Crippen LogP contribution is -2.00. The van der Waals surface area contributed by atoms with E-state index in [9.17, 15) is 4.79 Å². The van der Waals surface area contributed by atoms with Crippen molar-refractivity contribution in [3.05, 3.63) is 46.1 Å². The van der Waals surface area contributed by atoms with E-state index in [4.69, 9.17) is 5.73 Å². The SMILES string of the molecule is Nc1ccc(/C=C/c2n[nH]c(=O)[nH]2)cc1. The molecule has 0 atom stereocenters. The number of nitrogens with two attached hydrogens (primary N) is 1. The summed E-state index contributed by atoms with van der Waals surface area (Å²) in [6.07, 6.45) is 3.55. The third-order valence-corrected chi connectivity index (χ3v) is 1.89. The number of hydrogen-bond acceptors (Lipinski definition) is 3. The fourth-order valence-corrected chi connectivity index (χ4v) is 1.14. The van der Waals surface area contributed by atoms with Crippen molar-refractivity contribution in [3.8, 4) is 0 Å². The number of nitrogens with zero attached hydrogens (tertiary/aromatic N) is 1. The number of aromatic nitrogens is 3. The molecular formula is C10H10N4O. The van der Waals surface area contributed by atoms with Crippen molar-refractivity contribution in [3.63, 3.8) is 0 Å². The summed E-state index contributed by atoms with van der Waals surface area (Å²) in [7, 11) is 0. The van der Waals surface area contributed by atoms with Crippen molar-refractivity contribution in [1.82, 2.24) is 15.2 Å². The Bertz CT molecular complexity index is 521. The van der Waals surface area contributed by atoms with E-state index in [1.54, 1.807) is 6.08 Å². The average molecular weight is 202 g/mol. The predicted octanol–water partition coefficient (Wildman–Crippen LogP) is 0.851. The van der Waals surface area contributed by atoms with Gasteiger partial charge in [-0.15, -0.1) is 0 Å². The summed E-state index contributed by atoms with van der Waals surface area (Å²) in [4.78, 5) is 13.2. The number of rotatable bonds is 2. The minimum Gasteiger partial charge on any atom is -0.399 e. The van der Waals surface area contributed by atoms with Gasteiger partial charge < -0.3 is 5.73 Å². The number of benzene rings is 1. The van der Waals surface area contributed by atoms with Crippen LogP contribution in [0.4, 0.5) is 5.69 Å². The molecule has 0 saturated heterocycles. The van der Waals surface area contributed by atoms with Gasteiger partial charge >= 0.3 is 5.69 Å². The minimum absolute atomic E-state index is 0.313. The first kappa shape index (κ1) is 9.26. The zero-order valence-electron chi connectivity index (χ0n) is 7.90. The van der Waals surface area contributed by atoms with Crippen molar-refractivity contribution in [2.24, 2.45) is 0 Å². The molecule has 0 amide bonds. The lowest BCUT2D eigenvalue weighted by Gasteiger charge is -1.93. The van der Waals surface area contributed by atoms with Crippen LogP contribution in [0.25, 0.3) is 12.2 Å². The van der Waals surface area contributed by atoms with E-state index in [-0.39, 0.29) is 5.69 Å². The van der Waals surface area contributed by atoms with E-state index >= 15 is 0 Å². The van der Waals surface area contributed by atoms with Gasteiger partial charge in [-0.3, -0.25) is 4.98 Å². The molecule has 0 saturated carbocycles. The van der Waals surface area contributed by atoms with Crippen LogP contribution in [0.1, 0.15) is 11.4 Å². The monoisotopic (exact) mass is 202 g/mol. The summed E-state index contributed by atoms with van der Waals surface area (Å²) in [5, 5.41) is 6.03. The summed E-state index contributed by atoms with van der Waals surface area (Å²) in [5.74, 6) is 0.497. The molecule has 0 fully saturated rings. The third-order valence-electron chi connectivity index (χ3n) is 1.89. The van der Waals surface area contributed by atoms with Gasteiger partial charge in [0, 0.05) is 5.69 Å². The summed E-state index contributed by atoms with van der Waals surface area (Å²) in [6.45, 7) is 0. The molecule has 0 aliphatic carbocycles. The van der Waals surface area contributed by atoms with Crippen LogP contribution in [0.5, 0.6) is 0 Å². The molecule has 5 nitrogen and oxygen atoms in total. The van der Waals surface area contributed by atoms with Gasteiger partial charge in [-0.25, -0.2) is 9.89 Å². The summed E-state index contributed by atoms with van der Waals surface area (Å²) >= 11 is 0. The second kappa shape index (κ2) is 3.83. The fraction of sp³-hybridized carbons (Fsp3) is 0. The Labute approximate surface area is 85.6 Å². The van der Waals surface area contributed by atoms with Crippen LogP contribution in [0.2, 0.25) is 0 Å². The predicted molar refractivity (Wildman–Crippen MR) is 59.0 cm³/mol. The zero-order valence-corrected chi connectivity index (χ0v) is 7.90. The van der Waals surface area contributed by atoms with Crippen LogP contribution in [0.3, 0.4) is 0 Å². The Kier molecular flexibility index (Phi) is 2.37. The van der Waals surface area contributed by atoms with E-state index in [0.717, 1.165) is 11.3 Å². The maximum Gasteiger partial charge on any atom is 0.340 e. The van der Waals surface area contributed by atoms with Gasteiger partial charge in [0.15, 0.2) is 5.82 Å². The van der Waals surface area contributed by atoms with Crippen molar-refractivity contribution < 1.29 is 0 Å². The molecular weight excluding hydrogens is 192 g/mol. The summed E-state index contributed by atoms with van der Waals surface area (Å²) < 4.78 is 0. The van der Waals surface area contributed by atoms with Gasteiger partial charge in [0.2, 0.25) is 0 Å². The van der Waals surface area contributed by atoms with Crippen LogP contribution < -0.4 is 11.4 Å². The molecule has 1 aromatic heterocycles. The van der Waals surface area contributed by atoms with Crippen molar-refractivity contribution in [2.75, 3.05) is 5.73 Å². The van der Waals surface area contributed by atoms with Crippen molar-refractivity contribution in [2.45, 2.75) is 0 Å². The highest BCUT2D eigenvalue weighted by atomic mass is 16.1. The van der Waals surface area contributed by atoms with E-state index < -0.39 is 0 Å². The average Bonchev–Trinajstić information content (AvgIpc) is 2.64. The minimum atomic E-state index is -0.313. The molecule has 1 aromatic carbocycles. The maximum atomic E-state index is 10.7. The van der Waals surface area contributed by atoms with E-state index in [2.05, 4.69) is 15.2 Å². The zero-order chi connectivity index (χ0) is 10.7. The Morgan fingerprint density at radius 2 is 1.93 bits per heavy atom. The van der Waals surface area contributed by atoms with Gasteiger partial charge in [0.05, 0.1) is 0 Å². The number of nitrogens with one attached hydrogen (secondary N) is 2. The number of anilines is 1. The lowest BCUT2D eigenvalue weighted by atomic mass is 10.2. The molecule has 2 rings (SSSR count). The number of nitrogen functional groups attached to an aromatic ring is 1. The Balaban J connectivity index is 2.18. The molecule has 0 unspecified atom stereocenters. The summed E-state index contributed by atoms with van der Waals surface area (Å²) in [5.41, 5.74) is 6.95. The molecule has 2 aromatic rings. The smallest absolute Gasteiger partial charge is 0.340 e. The molecule has 1 heterocycles. The summed E-state index contributed by atoms with van der Waals surface area (Å²) in [6, 6.07) is 7.40. The molecule has 5 heteroatoms. The molecule has 76 valence electrons. The Hall–Kier alpha value is -2.30. The quantitative estimate of drug-likeness (QED) is 0.631. The Morgan fingerprint density at radius 3 is 2.53 bits per heavy atom. The highest BCUT2D eigenvalue weighted by Crippen LogP contribution is 2.07. The molecule has 0 spiro atoms. The van der Waals surface area contributed by atoms with E-state index in [0.29, 0.717) is 5.82 Å². The largest absolute Gasteiger partial charge is 0.399 e. The second-order valence-corrected chi connectivity index (χ2v) is 3.06. The van der Waals surface area contributed by atoms with Crippen LogP contribution >= 0.6 is 0 Å². The van der Waals surface area contributed by atoms with Crippen LogP contribution in [-0.2, 0) is 0 Å². The van der Waals surface area contributed by atoms with Gasteiger partial charge in [0.1, 0.15) is 0 Å². The molecule has 0 radical (unpaired) electrons. The van der Waals surface area contributed by atoms with Gasteiger partial charge in [-0.2, -0.15) is 5.10 Å². The number of hydrogen-bond donors (Lipinski definition) is 3. The van der Waals surface area contributed by atoms with Crippen molar-refractivity contribution in [1.29, 1.82) is 0 Å². The van der Waals surface area contributed by atoms with Crippen LogP contribution in [0, 0.1) is 0 Å². The normalized spacial score (nSPS) is 10.9. The lowest BCUT2D eigenvalue weighted by molar-refractivity contribution is 1.05. The van der Waals surface area contributed by atoms with Gasteiger partial charge in [-0.05, 0) is 23.8 Å². The number of aromatic amines is 2. The van der Waals surface area contributed by atoms with E-state index in [1.165, 1.54) is 0 Å². The third kappa shape index (κ3) is 2.34. The molecule has 0 aliphatic heterocycles. The highest BCUT2D eigenvalue weighted by molar-refractivity contribution is 5.67. The van der Waals surface area contributed by atoms with Gasteiger partial charge in [0.25, 0.3) is 0 Å². The molecule has 0 aliphatic rings. The van der Waals surface area contributed by atoms with Crippen LogP contribution in [0.15, 0.2) is 29.1 Å². The van der Waals surface area contributed by atoms with E-state index in [1.807, 2.05) is 30.3 Å². The van der Waals surface area contributed by atoms with Crippen molar-refractivity contribution >= 4 is 17.8 Å². The fourth-order valence-electron chi connectivity index (χ4n) is 1.14. The molecule has 4 N–H and O–H groups in total. The first-order valence-corrected chi connectivity index (χ1v) is 4.42. The highest BCUT2D eigenvalue weighted by Gasteiger charge is 1.91. The Morgan fingerprint density at radius 1 is 1.20 bits per heavy atom. The first-order valence-electron chi connectivity index (χ1n) is 4.42.